The Kier molecular flexibility index (Phi) is 4.97. The highest BCUT2D eigenvalue weighted by molar-refractivity contribution is 5.38. The van der Waals surface area contributed by atoms with E-state index in [2.05, 4.69) is 26.8 Å². The lowest BCUT2D eigenvalue weighted by Crippen LogP contribution is -2.56. The molecule has 0 N–H and O–H groups in total. The van der Waals surface area contributed by atoms with Gasteiger partial charge in [0.25, 0.3) is 0 Å². The van der Waals surface area contributed by atoms with E-state index in [9.17, 15) is 4.39 Å². The maximum Gasteiger partial charge on any atom is 0.228 e. The lowest BCUT2D eigenvalue weighted by atomic mass is 9.89. The number of hydrogen-bond acceptors (Lipinski definition) is 6. The second-order valence-electron chi connectivity index (χ2n) is 7.47. The number of benzene rings is 1. The highest BCUT2D eigenvalue weighted by Gasteiger charge is 2.39. The average Bonchev–Trinajstić information content (AvgIpc) is 2.64. The van der Waals surface area contributed by atoms with Gasteiger partial charge in [-0.3, -0.25) is 0 Å². The summed E-state index contributed by atoms with van der Waals surface area (Å²) in [5, 5.41) is 0. The van der Waals surface area contributed by atoms with E-state index in [0.717, 1.165) is 51.2 Å². The highest BCUT2D eigenvalue weighted by Crippen LogP contribution is 2.32. The zero-order valence-electron chi connectivity index (χ0n) is 15.8. The van der Waals surface area contributed by atoms with E-state index in [1.54, 1.807) is 18.3 Å². The molecule has 2 aromatic rings. The van der Waals surface area contributed by atoms with Crippen molar-refractivity contribution in [1.82, 2.24) is 14.9 Å². The molecule has 0 aliphatic carbocycles. The van der Waals surface area contributed by atoms with Crippen LogP contribution in [0.2, 0.25) is 0 Å². The summed E-state index contributed by atoms with van der Waals surface area (Å²) in [6, 6.07) is 6.07. The number of aromatic nitrogens is 2. The lowest BCUT2D eigenvalue weighted by Gasteiger charge is -2.46. The van der Waals surface area contributed by atoms with Crippen LogP contribution in [0.25, 0.3) is 0 Å². The predicted octanol–water partition coefficient (Wildman–Crippen LogP) is 3.02. The summed E-state index contributed by atoms with van der Waals surface area (Å²) in [4.78, 5) is 13.6. The number of ether oxygens (including phenoxy) is 2. The zero-order chi connectivity index (χ0) is 18.9. The number of halogens is 1. The van der Waals surface area contributed by atoms with Crippen molar-refractivity contribution in [3.05, 3.63) is 41.8 Å². The molecular formula is C20H25FN4O2. The van der Waals surface area contributed by atoms with Crippen molar-refractivity contribution >= 4 is 5.95 Å². The molecule has 144 valence electrons. The summed E-state index contributed by atoms with van der Waals surface area (Å²) in [6.45, 7) is 6.34. The molecule has 2 fully saturated rings. The molecule has 7 heteroatoms. The standard InChI is InChI=1S/C20H25FN4O2/c1-15-13-22-19(23-18(15)27-17-5-3-4-16(21)12-17)25-8-6-20(7-9-25)14-24(2)10-11-26-20/h3-5,12-13H,6-11,14H2,1-2H3. The molecular weight excluding hydrogens is 347 g/mol. The minimum absolute atomic E-state index is 0.0465. The third kappa shape index (κ3) is 4.04. The number of morpholine rings is 1. The second kappa shape index (κ2) is 7.40. The van der Waals surface area contributed by atoms with Crippen molar-refractivity contribution in [2.45, 2.75) is 25.4 Å². The molecule has 6 nitrogen and oxygen atoms in total. The summed E-state index contributed by atoms with van der Waals surface area (Å²) in [5.74, 6) is 1.20. The van der Waals surface area contributed by atoms with Gasteiger partial charge in [-0.25, -0.2) is 9.37 Å². The van der Waals surface area contributed by atoms with Crippen LogP contribution in [0.1, 0.15) is 18.4 Å². The first-order valence-electron chi connectivity index (χ1n) is 9.38. The summed E-state index contributed by atoms with van der Waals surface area (Å²) in [7, 11) is 2.15. The highest BCUT2D eigenvalue weighted by atomic mass is 19.1. The fourth-order valence-electron chi connectivity index (χ4n) is 3.77. The van der Waals surface area contributed by atoms with E-state index in [1.807, 2.05) is 6.92 Å². The van der Waals surface area contributed by atoms with Crippen LogP contribution in [-0.4, -0.2) is 60.3 Å². The summed E-state index contributed by atoms with van der Waals surface area (Å²) in [6.07, 6.45) is 3.66. The number of rotatable bonds is 3. The predicted molar refractivity (Wildman–Crippen MR) is 101 cm³/mol. The van der Waals surface area contributed by atoms with Gasteiger partial charge in [0.1, 0.15) is 11.6 Å². The third-order valence-corrected chi connectivity index (χ3v) is 5.32. The molecule has 0 unspecified atom stereocenters. The molecule has 2 aliphatic heterocycles. The van der Waals surface area contributed by atoms with Crippen molar-refractivity contribution < 1.29 is 13.9 Å². The summed E-state index contributed by atoms with van der Waals surface area (Å²) in [5.41, 5.74) is 0.767. The Bertz CT molecular complexity index is 808. The van der Waals surface area contributed by atoms with Gasteiger partial charge in [0.2, 0.25) is 11.8 Å². The van der Waals surface area contributed by atoms with Crippen LogP contribution in [0.4, 0.5) is 10.3 Å². The molecule has 2 saturated heterocycles. The normalized spacial score (nSPS) is 20.0. The number of nitrogens with zero attached hydrogens (tertiary/aromatic N) is 4. The largest absolute Gasteiger partial charge is 0.438 e. The molecule has 1 spiro atoms. The van der Waals surface area contributed by atoms with E-state index in [1.165, 1.54) is 12.1 Å². The number of aryl methyl sites for hydroxylation is 1. The fourth-order valence-corrected chi connectivity index (χ4v) is 3.77. The maximum absolute atomic E-state index is 13.4. The molecule has 0 atom stereocenters. The Labute approximate surface area is 158 Å². The molecule has 3 heterocycles. The molecule has 0 saturated carbocycles. The average molecular weight is 372 g/mol. The van der Waals surface area contributed by atoms with Gasteiger partial charge in [0.15, 0.2) is 0 Å². The topological polar surface area (TPSA) is 50.7 Å². The van der Waals surface area contributed by atoms with Crippen molar-refractivity contribution in [2.24, 2.45) is 0 Å². The minimum Gasteiger partial charge on any atom is -0.438 e. The van der Waals surface area contributed by atoms with Gasteiger partial charge in [-0.2, -0.15) is 4.98 Å². The smallest absolute Gasteiger partial charge is 0.228 e. The summed E-state index contributed by atoms with van der Waals surface area (Å²) < 4.78 is 25.3. The second-order valence-corrected chi connectivity index (χ2v) is 7.47. The van der Waals surface area contributed by atoms with Crippen LogP contribution in [0, 0.1) is 12.7 Å². The van der Waals surface area contributed by atoms with Crippen molar-refractivity contribution in [1.29, 1.82) is 0 Å². The first-order valence-corrected chi connectivity index (χ1v) is 9.38. The van der Waals surface area contributed by atoms with Crippen molar-refractivity contribution in [2.75, 3.05) is 44.7 Å². The van der Waals surface area contributed by atoms with E-state index in [4.69, 9.17) is 9.47 Å². The third-order valence-electron chi connectivity index (χ3n) is 5.32. The van der Waals surface area contributed by atoms with Gasteiger partial charge in [0, 0.05) is 44.0 Å². The molecule has 0 amide bonds. The van der Waals surface area contributed by atoms with Gasteiger partial charge in [-0.15, -0.1) is 0 Å². The Morgan fingerprint density at radius 3 is 2.78 bits per heavy atom. The van der Waals surface area contributed by atoms with Crippen molar-refractivity contribution in [3.8, 4) is 11.6 Å². The maximum atomic E-state index is 13.4. The van der Waals surface area contributed by atoms with Crippen LogP contribution in [0.5, 0.6) is 11.6 Å². The van der Waals surface area contributed by atoms with Gasteiger partial charge in [0.05, 0.1) is 12.2 Å². The fraction of sp³-hybridized carbons (Fsp3) is 0.500. The summed E-state index contributed by atoms with van der Waals surface area (Å²) >= 11 is 0. The molecule has 1 aromatic heterocycles. The van der Waals surface area contributed by atoms with E-state index in [0.29, 0.717) is 17.6 Å². The molecule has 2 aliphatic rings. The van der Waals surface area contributed by atoms with Crippen LogP contribution < -0.4 is 9.64 Å². The number of piperidine rings is 1. The van der Waals surface area contributed by atoms with Crippen LogP contribution in [0.3, 0.4) is 0 Å². The van der Waals surface area contributed by atoms with Crippen molar-refractivity contribution in [3.63, 3.8) is 0 Å². The first-order chi connectivity index (χ1) is 13.0. The Morgan fingerprint density at radius 1 is 1.22 bits per heavy atom. The van der Waals surface area contributed by atoms with Crippen LogP contribution in [0.15, 0.2) is 30.5 Å². The molecule has 0 radical (unpaired) electrons. The SMILES string of the molecule is Cc1cnc(N2CCC3(CC2)CN(C)CCO3)nc1Oc1cccc(F)c1. The van der Waals surface area contributed by atoms with Crippen LogP contribution >= 0.6 is 0 Å². The number of anilines is 1. The quantitative estimate of drug-likeness (QED) is 0.826. The molecule has 0 bridgehead atoms. The van der Waals surface area contributed by atoms with E-state index >= 15 is 0 Å². The van der Waals surface area contributed by atoms with Gasteiger partial charge < -0.3 is 19.3 Å². The van der Waals surface area contributed by atoms with E-state index in [-0.39, 0.29) is 11.4 Å². The van der Waals surface area contributed by atoms with Gasteiger partial charge in [-0.1, -0.05) is 6.07 Å². The Morgan fingerprint density at radius 2 is 2.04 bits per heavy atom. The zero-order valence-corrected chi connectivity index (χ0v) is 15.8. The first kappa shape index (κ1) is 18.1. The lowest BCUT2D eigenvalue weighted by molar-refractivity contribution is -0.115. The molecule has 4 rings (SSSR count). The van der Waals surface area contributed by atoms with Crippen LogP contribution in [-0.2, 0) is 4.74 Å². The van der Waals surface area contributed by atoms with Gasteiger partial charge >= 0.3 is 0 Å². The number of hydrogen-bond donors (Lipinski definition) is 0. The monoisotopic (exact) mass is 372 g/mol. The Hall–Kier alpha value is -2.25. The minimum atomic E-state index is -0.335. The van der Waals surface area contributed by atoms with E-state index < -0.39 is 0 Å². The molecule has 1 aromatic carbocycles. The Balaban J connectivity index is 1.47. The molecule has 27 heavy (non-hydrogen) atoms. The van der Waals surface area contributed by atoms with Gasteiger partial charge in [-0.05, 0) is 38.9 Å². The number of likely N-dealkylation sites (N-methyl/N-ethyl adjacent to an activating group) is 1.